The molecule has 2 saturated heterocycles. The minimum Gasteiger partial charge on any atom is -0.391 e. The van der Waals surface area contributed by atoms with E-state index in [0.29, 0.717) is 48.5 Å². The fraction of sp³-hybridized carbons (Fsp3) is 0.667. The first-order valence-electron chi connectivity index (χ1n) is 34.6. The predicted molar refractivity (Wildman–Crippen MR) is 377 cm³/mol. The number of likely N-dealkylation sites (N-methyl/N-ethyl adjacent to an activating group) is 7. The van der Waals surface area contributed by atoms with Gasteiger partial charge in [-0.25, -0.2) is 0 Å². The van der Waals surface area contributed by atoms with Crippen LogP contribution in [0.2, 0.25) is 5.02 Å². The standard InChI is InChI=1S/C72H113ClN12O14/c1-20-46(8)60-71(98)83(18)54(36-44(4)5)64(91)77-61(47(9)86)70(97)79(14)41-59(89)81(16)56(38-49-29-31-50(73)32-30-49)69(96)82(17)53(35-43(2)3)63(90)75-52(42-99-72(10,11)12)67(94)84(19)62(45(6)7)66(93)74-51(68(95)85-33-25-22-26-34-85)39-57(87)78(13)40-58(88)80(15)55(65(92)76-60)37-48-27-23-21-24-28-48/h21,23-24,27-32,43-47,51-56,60-62,86H,20,22,25-26,33-42H2,1-19H3,(H,74,93)(H,75,90)(H,76,92)(H,77,91)/t46-,47+,51-,52-,53-,54-,55-,56-,60-,61-,62-/m0/s1. The molecule has 2 aliphatic rings. The lowest BCUT2D eigenvalue weighted by Crippen LogP contribution is -2.62. The Labute approximate surface area is 591 Å². The molecule has 0 bridgehead atoms. The number of carbonyl (C=O) groups excluding carboxylic acids is 12. The van der Waals surface area contributed by atoms with Crippen molar-refractivity contribution >= 4 is 82.5 Å². The maximum atomic E-state index is 15.3. The Kier molecular flexibility index (Phi) is 32.3. The lowest BCUT2D eigenvalue weighted by atomic mass is 9.94. The lowest BCUT2D eigenvalue weighted by Gasteiger charge is -2.38. The number of nitrogens with zero attached hydrogens (tertiary/aromatic N) is 8. The van der Waals surface area contributed by atoms with Gasteiger partial charge in [-0.15, -0.1) is 0 Å². The zero-order chi connectivity index (χ0) is 74.7. The summed E-state index contributed by atoms with van der Waals surface area (Å²) < 4.78 is 6.17. The molecule has 5 N–H and O–H groups in total. The number of ether oxygens (including phenoxy) is 1. The summed E-state index contributed by atoms with van der Waals surface area (Å²) in [6, 6.07) is 2.87. The van der Waals surface area contributed by atoms with E-state index in [1.165, 1.54) is 71.0 Å². The number of halogens is 1. The van der Waals surface area contributed by atoms with Crippen molar-refractivity contribution in [3.63, 3.8) is 0 Å². The van der Waals surface area contributed by atoms with E-state index in [2.05, 4.69) is 21.3 Å². The van der Waals surface area contributed by atoms with Crippen LogP contribution in [0.1, 0.15) is 139 Å². The van der Waals surface area contributed by atoms with Crippen molar-refractivity contribution in [3.05, 3.63) is 70.7 Å². The molecule has 2 aromatic carbocycles. The van der Waals surface area contributed by atoms with E-state index in [-0.39, 0.29) is 37.5 Å². The number of nitrogens with one attached hydrogen (secondary N) is 4. The first kappa shape index (κ1) is 83.7. The zero-order valence-corrected chi connectivity index (χ0v) is 62.6. The molecule has 27 heteroatoms. The molecule has 2 aliphatic heterocycles. The van der Waals surface area contributed by atoms with E-state index in [9.17, 15) is 43.5 Å². The number of piperidine rings is 1. The molecule has 0 saturated carbocycles. The molecule has 2 fully saturated rings. The topological polar surface area (TPSA) is 308 Å². The first-order chi connectivity index (χ1) is 46.2. The van der Waals surface area contributed by atoms with Gasteiger partial charge in [0, 0.05) is 80.3 Å². The number of aliphatic hydroxyl groups excluding tert-OH is 1. The van der Waals surface area contributed by atoms with E-state index in [1.807, 2.05) is 34.6 Å². The summed E-state index contributed by atoms with van der Waals surface area (Å²) in [6.45, 7) is 19.8. The van der Waals surface area contributed by atoms with E-state index in [4.69, 9.17) is 16.3 Å². The SMILES string of the molecule is CC[C@H](C)[C@@H]1NC(=O)[C@H](Cc2ccccc2)N(C)C(=O)CN(C)C(=O)C[C@@H](C(=O)N2CCCCC2)NC(=O)[C@H](C(C)C)N(C)C(=O)[C@H](COC(C)(C)C)NC(=O)[C@H](CC(C)C)N(C)C(=O)[C@H](Cc2ccc(Cl)cc2)N(C)C(=O)CN(C)C(=O)[C@H]([C@@H](C)O)NC(=O)[C@H](CC(C)C)N(C)C1=O. The third-order valence-electron chi connectivity index (χ3n) is 18.5. The van der Waals surface area contributed by atoms with Gasteiger partial charge in [0.1, 0.15) is 54.4 Å². The Hall–Kier alpha value is -7.71. The van der Waals surface area contributed by atoms with Crippen LogP contribution in [-0.2, 0) is 75.1 Å². The molecule has 0 radical (unpaired) electrons. The molecule has 0 aromatic heterocycles. The molecule has 26 nitrogen and oxygen atoms in total. The van der Waals surface area contributed by atoms with Gasteiger partial charge in [0.05, 0.1) is 37.8 Å². The smallest absolute Gasteiger partial charge is 0.248 e. The summed E-state index contributed by atoms with van der Waals surface area (Å²) >= 11 is 6.30. The van der Waals surface area contributed by atoms with Crippen LogP contribution in [0.3, 0.4) is 0 Å². The highest BCUT2D eigenvalue weighted by Crippen LogP contribution is 2.24. The predicted octanol–water partition coefficient (Wildman–Crippen LogP) is 3.52. The van der Waals surface area contributed by atoms with Crippen molar-refractivity contribution in [2.75, 3.05) is 82.1 Å². The maximum Gasteiger partial charge on any atom is 0.248 e. The van der Waals surface area contributed by atoms with Crippen LogP contribution >= 0.6 is 11.6 Å². The molecular weight excluding hydrogens is 1290 g/mol. The maximum absolute atomic E-state index is 15.3. The summed E-state index contributed by atoms with van der Waals surface area (Å²) in [5.41, 5.74) is 0.349. The van der Waals surface area contributed by atoms with Crippen LogP contribution in [0, 0.1) is 23.7 Å². The second kappa shape index (κ2) is 38.2. The first-order valence-corrected chi connectivity index (χ1v) is 35.0. The number of benzene rings is 2. The third-order valence-corrected chi connectivity index (χ3v) is 18.8. The Bertz CT molecular complexity index is 3100. The minimum atomic E-state index is -1.68. The molecule has 4 rings (SSSR count). The second-order valence-electron chi connectivity index (χ2n) is 29.1. The Balaban J connectivity index is 1.96. The zero-order valence-electron chi connectivity index (χ0n) is 61.9. The van der Waals surface area contributed by atoms with Gasteiger partial charge >= 0.3 is 0 Å². The molecule has 552 valence electrons. The van der Waals surface area contributed by atoms with Crippen molar-refractivity contribution in [3.8, 4) is 0 Å². The summed E-state index contributed by atoms with van der Waals surface area (Å²) in [5.74, 6) is -10.7. The summed E-state index contributed by atoms with van der Waals surface area (Å²) in [5, 5.41) is 22.8. The minimum absolute atomic E-state index is 0.0471. The Morgan fingerprint density at radius 3 is 1.55 bits per heavy atom. The van der Waals surface area contributed by atoms with E-state index in [1.54, 1.807) is 101 Å². The number of rotatable bonds is 15. The molecule has 11 atom stereocenters. The third kappa shape index (κ3) is 24.3. The van der Waals surface area contributed by atoms with Crippen LogP contribution < -0.4 is 21.3 Å². The van der Waals surface area contributed by atoms with Crippen molar-refractivity contribution in [1.29, 1.82) is 0 Å². The van der Waals surface area contributed by atoms with Crippen molar-refractivity contribution in [1.82, 2.24) is 60.5 Å². The highest BCUT2D eigenvalue weighted by Gasteiger charge is 2.44. The van der Waals surface area contributed by atoms with Crippen molar-refractivity contribution in [2.45, 2.75) is 207 Å². The molecular formula is C72H113ClN12O14. The average Bonchev–Trinajstić information content (AvgIpc) is 0.821. The van der Waals surface area contributed by atoms with Gasteiger partial charge < -0.3 is 70.3 Å². The number of likely N-dealkylation sites (tertiary alicyclic amines) is 1. The molecule has 0 unspecified atom stereocenters. The molecule has 12 amide bonds. The Morgan fingerprint density at radius 2 is 1.03 bits per heavy atom. The van der Waals surface area contributed by atoms with Gasteiger partial charge in [-0.3, -0.25) is 57.5 Å². The molecule has 0 spiro atoms. The number of hydrogen-bond acceptors (Lipinski definition) is 14. The van der Waals surface area contributed by atoms with Crippen LogP contribution in [0.5, 0.6) is 0 Å². The second-order valence-corrected chi connectivity index (χ2v) is 29.5. The van der Waals surface area contributed by atoms with Crippen LogP contribution in [0.4, 0.5) is 0 Å². The van der Waals surface area contributed by atoms with Crippen molar-refractivity contribution in [2.24, 2.45) is 23.7 Å². The number of amides is 12. The van der Waals surface area contributed by atoms with Gasteiger partial charge in [-0.05, 0) is 107 Å². The van der Waals surface area contributed by atoms with Crippen molar-refractivity contribution < 1.29 is 67.4 Å². The Morgan fingerprint density at radius 1 is 0.545 bits per heavy atom. The van der Waals surface area contributed by atoms with Gasteiger partial charge in [-0.1, -0.05) is 116 Å². The summed E-state index contributed by atoms with van der Waals surface area (Å²) in [7, 11) is 9.56. The van der Waals surface area contributed by atoms with Crippen LogP contribution in [0.15, 0.2) is 54.6 Å². The fourth-order valence-electron chi connectivity index (χ4n) is 12.2. The normalized spacial score (nSPS) is 24.9. The van der Waals surface area contributed by atoms with E-state index in [0.717, 1.165) is 26.0 Å². The van der Waals surface area contributed by atoms with Gasteiger partial charge in [0.15, 0.2) is 0 Å². The number of aliphatic hydroxyl groups is 1. The fourth-order valence-corrected chi connectivity index (χ4v) is 12.3. The monoisotopic (exact) mass is 1400 g/mol. The van der Waals surface area contributed by atoms with Gasteiger partial charge in [-0.2, -0.15) is 0 Å². The van der Waals surface area contributed by atoms with E-state index < -0.39 is 175 Å². The highest BCUT2D eigenvalue weighted by atomic mass is 35.5. The molecule has 2 aromatic rings. The molecule has 2 heterocycles. The summed E-state index contributed by atoms with van der Waals surface area (Å²) in [4.78, 5) is 188. The van der Waals surface area contributed by atoms with Gasteiger partial charge in [0.2, 0.25) is 70.9 Å². The van der Waals surface area contributed by atoms with Gasteiger partial charge in [0.25, 0.3) is 0 Å². The molecule has 99 heavy (non-hydrogen) atoms. The quantitative estimate of drug-likeness (QED) is 0.171. The van der Waals surface area contributed by atoms with E-state index >= 15 is 19.2 Å². The molecule has 0 aliphatic carbocycles. The van der Waals surface area contributed by atoms with Crippen LogP contribution in [-0.4, -0.2) is 263 Å². The number of carbonyl (C=O) groups is 12. The highest BCUT2D eigenvalue weighted by molar-refractivity contribution is 6.30. The number of hydrogen-bond donors (Lipinski definition) is 5. The summed E-state index contributed by atoms with van der Waals surface area (Å²) in [6.07, 6.45) is 0.309. The average molecular weight is 1410 g/mol. The lowest BCUT2D eigenvalue weighted by molar-refractivity contribution is -0.151. The van der Waals surface area contributed by atoms with Crippen LogP contribution in [0.25, 0.3) is 0 Å². The largest absolute Gasteiger partial charge is 0.391 e.